The molecule has 1 aromatic heterocycles. The lowest BCUT2D eigenvalue weighted by Crippen LogP contribution is -2.47. The van der Waals surface area contributed by atoms with Crippen molar-refractivity contribution in [3.8, 4) is 0 Å². The van der Waals surface area contributed by atoms with Gasteiger partial charge in [0.2, 0.25) is 10.0 Å². The number of rotatable bonds is 6. The minimum absolute atomic E-state index is 0.0214. The van der Waals surface area contributed by atoms with Crippen LogP contribution in [0, 0.1) is 0 Å². The molecule has 1 heterocycles. The van der Waals surface area contributed by atoms with Crippen LogP contribution < -0.4 is 4.72 Å². The first-order valence-electron chi connectivity index (χ1n) is 5.61. The summed E-state index contributed by atoms with van der Waals surface area (Å²) in [5.41, 5.74) is -1.16. The van der Waals surface area contributed by atoms with Crippen LogP contribution in [-0.4, -0.2) is 56.2 Å². The molecule has 0 aromatic carbocycles. The van der Waals surface area contributed by atoms with Crippen LogP contribution in [0.4, 0.5) is 0 Å². The van der Waals surface area contributed by atoms with Gasteiger partial charge in [-0.15, -0.1) is 0 Å². The van der Waals surface area contributed by atoms with Crippen molar-refractivity contribution in [2.45, 2.75) is 17.4 Å². The zero-order chi connectivity index (χ0) is 14.7. The van der Waals surface area contributed by atoms with E-state index in [-0.39, 0.29) is 16.6 Å². The summed E-state index contributed by atoms with van der Waals surface area (Å²) < 4.78 is 26.3. The maximum atomic E-state index is 12.0. The van der Waals surface area contributed by atoms with Gasteiger partial charge in [0, 0.05) is 19.3 Å². The molecule has 0 bridgehead atoms. The van der Waals surface area contributed by atoms with Crippen molar-refractivity contribution < 1.29 is 13.5 Å². The molecule has 8 heteroatoms. The lowest BCUT2D eigenvalue weighted by Gasteiger charge is -2.27. The van der Waals surface area contributed by atoms with E-state index in [4.69, 9.17) is 11.6 Å². The summed E-state index contributed by atoms with van der Waals surface area (Å²) in [6.07, 6.45) is 1.31. The highest BCUT2D eigenvalue weighted by molar-refractivity contribution is 7.89. The molecule has 0 radical (unpaired) electrons. The third-order valence-corrected chi connectivity index (χ3v) is 3.91. The number of halogens is 1. The first-order chi connectivity index (χ1) is 8.62. The van der Waals surface area contributed by atoms with Crippen molar-refractivity contribution in [2.75, 3.05) is 27.2 Å². The van der Waals surface area contributed by atoms with E-state index in [2.05, 4.69) is 9.71 Å². The Bertz CT molecular complexity index is 532. The Hall–Kier alpha value is -0.730. The molecule has 1 atom stereocenters. The monoisotopic (exact) mass is 307 g/mol. The van der Waals surface area contributed by atoms with Gasteiger partial charge in [0.05, 0.1) is 10.5 Å². The topological polar surface area (TPSA) is 82.5 Å². The van der Waals surface area contributed by atoms with Gasteiger partial charge < -0.3 is 10.0 Å². The second-order valence-electron chi connectivity index (χ2n) is 4.87. The number of pyridine rings is 1. The van der Waals surface area contributed by atoms with Crippen LogP contribution in [-0.2, 0) is 10.0 Å². The lowest BCUT2D eigenvalue weighted by atomic mass is 10.1. The highest BCUT2D eigenvalue weighted by atomic mass is 35.5. The molecule has 0 saturated carbocycles. The number of hydrogen-bond acceptors (Lipinski definition) is 5. The molecule has 2 N–H and O–H groups in total. The summed E-state index contributed by atoms with van der Waals surface area (Å²) in [5, 5.41) is 10.1. The zero-order valence-electron chi connectivity index (χ0n) is 11.1. The molecule has 1 rings (SSSR count). The predicted molar refractivity (Wildman–Crippen MR) is 73.6 cm³/mol. The van der Waals surface area contributed by atoms with Gasteiger partial charge in [-0.3, -0.25) is 0 Å². The molecule has 1 unspecified atom stereocenters. The fourth-order valence-electron chi connectivity index (χ4n) is 1.62. The molecular weight excluding hydrogens is 290 g/mol. The average Bonchev–Trinajstić information content (AvgIpc) is 2.25. The van der Waals surface area contributed by atoms with Crippen LogP contribution in [0.2, 0.25) is 5.15 Å². The van der Waals surface area contributed by atoms with E-state index in [1.807, 2.05) is 0 Å². The smallest absolute Gasteiger partial charge is 0.240 e. The molecule has 0 amide bonds. The Morgan fingerprint density at radius 2 is 2.16 bits per heavy atom. The molecule has 0 spiro atoms. The maximum absolute atomic E-state index is 12.0. The van der Waals surface area contributed by atoms with Crippen molar-refractivity contribution in [1.29, 1.82) is 0 Å². The van der Waals surface area contributed by atoms with Gasteiger partial charge in [-0.25, -0.2) is 18.1 Å². The molecule has 0 aliphatic heterocycles. The Kier molecular flexibility index (Phi) is 5.28. The molecule has 0 fully saturated rings. The van der Waals surface area contributed by atoms with Crippen molar-refractivity contribution in [1.82, 2.24) is 14.6 Å². The van der Waals surface area contributed by atoms with E-state index >= 15 is 0 Å². The highest BCUT2D eigenvalue weighted by Gasteiger charge is 2.25. The van der Waals surface area contributed by atoms with E-state index in [0.717, 1.165) is 0 Å². The van der Waals surface area contributed by atoms with Crippen molar-refractivity contribution in [2.24, 2.45) is 0 Å². The second kappa shape index (κ2) is 6.15. The van der Waals surface area contributed by atoms with Crippen LogP contribution in [0.25, 0.3) is 0 Å². The standard InChI is InChI=1S/C11H18ClN3O3S/c1-11(16,8-15(2)3)7-14-19(17,18)9-4-5-13-10(12)6-9/h4-6,14,16H,7-8H2,1-3H3. The van der Waals surface area contributed by atoms with Crippen LogP contribution in [0.5, 0.6) is 0 Å². The van der Waals surface area contributed by atoms with Crippen molar-refractivity contribution in [3.63, 3.8) is 0 Å². The lowest BCUT2D eigenvalue weighted by molar-refractivity contribution is 0.0386. The van der Waals surface area contributed by atoms with Crippen LogP contribution in [0.1, 0.15) is 6.92 Å². The Morgan fingerprint density at radius 3 is 2.68 bits per heavy atom. The number of aromatic nitrogens is 1. The SMILES string of the molecule is CN(C)CC(C)(O)CNS(=O)(=O)c1ccnc(Cl)c1. The molecule has 108 valence electrons. The number of nitrogens with one attached hydrogen (secondary N) is 1. The minimum atomic E-state index is -3.70. The van der Waals surface area contributed by atoms with Crippen molar-refractivity contribution in [3.05, 3.63) is 23.5 Å². The Balaban J connectivity index is 2.76. The minimum Gasteiger partial charge on any atom is -0.387 e. The first-order valence-corrected chi connectivity index (χ1v) is 7.47. The molecule has 1 aromatic rings. The third-order valence-electron chi connectivity index (χ3n) is 2.31. The highest BCUT2D eigenvalue weighted by Crippen LogP contribution is 2.13. The van der Waals surface area contributed by atoms with Crippen LogP contribution in [0.15, 0.2) is 23.2 Å². The van der Waals surface area contributed by atoms with Gasteiger partial charge in [-0.1, -0.05) is 11.6 Å². The summed E-state index contributed by atoms with van der Waals surface area (Å²) in [6, 6.07) is 2.60. The Morgan fingerprint density at radius 1 is 1.53 bits per heavy atom. The van der Waals surface area contributed by atoms with Crippen molar-refractivity contribution >= 4 is 21.6 Å². The zero-order valence-corrected chi connectivity index (χ0v) is 12.7. The maximum Gasteiger partial charge on any atom is 0.240 e. The molecule has 0 aliphatic carbocycles. The third kappa shape index (κ3) is 5.42. The fraction of sp³-hybridized carbons (Fsp3) is 0.545. The quantitative estimate of drug-likeness (QED) is 0.740. The summed E-state index contributed by atoms with van der Waals surface area (Å²) in [4.78, 5) is 5.52. The molecule has 0 saturated heterocycles. The molecule has 19 heavy (non-hydrogen) atoms. The summed E-state index contributed by atoms with van der Waals surface area (Å²) in [5.74, 6) is 0. The van der Waals surface area contributed by atoms with Gasteiger partial charge in [-0.05, 0) is 33.2 Å². The van der Waals surface area contributed by atoms with Crippen LogP contribution >= 0.6 is 11.6 Å². The van der Waals surface area contributed by atoms with Gasteiger partial charge in [-0.2, -0.15) is 0 Å². The summed E-state index contributed by atoms with van der Waals surface area (Å²) in [6.45, 7) is 1.81. The fourth-order valence-corrected chi connectivity index (χ4v) is 3.04. The largest absolute Gasteiger partial charge is 0.387 e. The van der Waals surface area contributed by atoms with E-state index in [9.17, 15) is 13.5 Å². The predicted octanol–water partition coefficient (Wildman–Crippen LogP) is 0.326. The van der Waals surface area contributed by atoms with Gasteiger partial charge in [0.15, 0.2) is 0 Å². The van der Waals surface area contributed by atoms with Gasteiger partial charge in [0.25, 0.3) is 0 Å². The summed E-state index contributed by atoms with van der Waals surface area (Å²) >= 11 is 5.65. The molecule has 0 aliphatic rings. The van der Waals surface area contributed by atoms with E-state index in [1.165, 1.54) is 18.3 Å². The van der Waals surface area contributed by atoms with Gasteiger partial charge in [0.1, 0.15) is 5.15 Å². The van der Waals surface area contributed by atoms with E-state index in [1.54, 1.807) is 25.9 Å². The first kappa shape index (κ1) is 16.3. The van der Waals surface area contributed by atoms with E-state index in [0.29, 0.717) is 6.54 Å². The van der Waals surface area contributed by atoms with Crippen LogP contribution in [0.3, 0.4) is 0 Å². The molecular formula is C11H18ClN3O3S. The molecule has 6 nitrogen and oxygen atoms in total. The van der Waals surface area contributed by atoms with Gasteiger partial charge >= 0.3 is 0 Å². The normalized spacial score (nSPS) is 15.5. The number of hydrogen-bond donors (Lipinski definition) is 2. The Labute approximate surface area is 118 Å². The summed E-state index contributed by atoms with van der Waals surface area (Å²) in [7, 11) is -0.110. The number of likely N-dealkylation sites (N-methyl/N-ethyl adjacent to an activating group) is 1. The average molecular weight is 308 g/mol. The number of nitrogens with zero attached hydrogens (tertiary/aromatic N) is 2. The number of aliphatic hydroxyl groups is 1. The van der Waals surface area contributed by atoms with E-state index < -0.39 is 15.6 Å². The second-order valence-corrected chi connectivity index (χ2v) is 7.03. The number of sulfonamides is 1.